The molecule has 4 aromatic rings. The highest BCUT2D eigenvalue weighted by molar-refractivity contribution is 5.93. The van der Waals surface area contributed by atoms with Crippen LogP contribution in [0.25, 0.3) is 10.9 Å². The fraction of sp³-hybridized carbons (Fsp3) is 0.182. The third kappa shape index (κ3) is 4.80. The second-order valence-corrected chi connectivity index (χ2v) is 6.98. The molecule has 0 aliphatic carbocycles. The third-order valence-electron chi connectivity index (χ3n) is 4.53. The van der Waals surface area contributed by atoms with Crippen molar-refractivity contribution in [1.29, 1.82) is 0 Å². The van der Waals surface area contributed by atoms with Gasteiger partial charge in [0.15, 0.2) is 17.5 Å². The number of anilines is 3. The summed E-state index contributed by atoms with van der Waals surface area (Å²) in [5.41, 5.74) is 0.974. The topological polar surface area (TPSA) is 105 Å². The minimum atomic E-state index is -1.10. The normalized spacial score (nSPS) is 10.8. The van der Waals surface area contributed by atoms with Crippen molar-refractivity contribution in [2.75, 3.05) is 17.2 Å². The number of aromatic nitrogens is 4. The summed E-state index contributed by atoms with van der Waals surface area (Å²) < 4.78 is 32.6. The number of rotatable bonds is 8. The lowest BCUT2D eigenvalue weighted by Gasteiger charge is -2.08. The van der Waals surface area contributed by atoms with Gasteiger partial charge in [0.2, 0.25) is 5.91 Å². The zero-order chi connectivity index (χ0) is 22.5. The van der Waals surface area contributed by atoms with Crippen LogP contribution in [0.1, 0.15) is 19.0 Å². The summed E-state index contributed by atoms with van der Waals surface area (Å²) in [7, 11) is 0. The number of aromatic amines is 1. The van der Waals surface area contributed by atoms with Crippen LogP contribution in [-0.4, -0.2) is 32.7 Å². The minimum Gasteiger partial charge on any atom is -0.494 e. The molecule has 8 nitrogen and oxygen atoms in total. The second-order valence-electron chi connectivity index (χ2n) is 6.98. The number of amides is 1. The number of nitrogens with one attached hydrogen (secondary N) is 3. The second kappa shape index (κ2) is 9.38. The van der Waals surface area contributed by atoms with Crippen LogP contribution in [0.2, 0.25) is 0 Å². The number of hydrogen-bond acceptors (Lipinski definition) is 6. The fourth-order valence-corrected chi connectivity index (χ4v) is 3.05. The van der Waals surface area contributed by atoms with Crippen LogP contribution in [0.15, 0.2) is 48.8 Å². The molecule has 1 amide bonds. The molecule has 0 unspecified atom stereocenters. The molecule has 0 atom stereocenters. The van der Waals surface area contributed by atoms with E-state index < -0.39 is 17.5 Å². The summed E-state index contributed by atoms with van der Waals surface area (Å²) in [5.74, 6) is -0.940. The number of benzene rings is 2. The van der Waals surface area contributed by atoms with Crippen molar-refractivity contribution in [1.82, 2.24) is 20.2 Å². The fourth-order valence-electron chi connectivity index (χ4n) is 3.05. The number of ether oxygens (including phenoxy) is 1. The summed E-state index contributed by atoms with van der Waals surface area (Å²) in [6, 6.07) is 10.8. The predicted octanol–water partition coefficient (Wildman–Crippen LogP) is 4.34. The first-order valence-electron chi connectivity index (χ1n) is 9.96. The molecule has 10 heteroatoms. The number of fused-ring (bicyclic) bond motifs is 1. The van der Waals surface area contributed by atoms with Crippen LogP contribution in [0.3, 0.4) is 0 Å². The van der Waals surface area contributed by atoms with Gasteiger partial charge in [-0.1, -0.05) is 13.0 Å². The molecule has 2 aromatic heterocycles. The highest BCUT2D eigenvalue weighted by Crippen LogP contribution is 2.26. The number of carbonyl (C=O) groups excluding carboxylic acids is 1. The Labute approximate surface area is 182 Å². The number of nitrogens with zero attached hydrogens (tertiary/aromatic N) is 3. The SMILES string of the molecule is CCCOc1ccc2c(Nc3cc(CC(=O)Nc4cccc(F)c4F)[nH]n3)ncnc2c1. The van der Waals surface area contributed by atoms with Gasteiger partial charge in [0.05, 0.1) is 24.2 Å². The summed E-state index contributed by atoms with van der Waals surface area (Å²) in [4.78, 5) is 20.7. The van der Waals surface area contributed by atoms with Gasteiger partial charge in [-0.05, 0) is 30.7 Å². The molecular weight excluding hydrogens is 418 g/mol. The molecule has 0 saturated carbocycles. The molecule has 0 fully saturated rings. The zero-order valence-corrected chi connectivity index (χ0v) is 17.2. The van der Waals surface area contributed by atoms with Gasteiger partial charge >= 0.3 is 0 Å². The van der Waals surface area contributed by atoms with Gasteiger partial charge in [-0.2, -0.15) is 5.10 Å². The Morgan fingerprint density at radius 2 is 2.03 bits per heavy atom. The molecule has 32 heavy (non-hydrogen) atoms. The molecule has 0 aliphatic rings. The number of carbonyl (C=O) groups is 1. The maximum atomic E-state index is 13.7. The van der Waals surface area contributed by atoms with Gasteiger partial charge < -0.3 is 15.4 Å². The van der Waals surface area contributed by atoms with Crippen molar-refractivity contribution >= 4 is 34.1 Å². The van der Waals surface area contributed by atoms with Gasteiger partial charge in [-0.15, -0.1) is 0 Å². The van der Waals surface area contributed by atoms with Crippen molar-refractivity contribution in [3.8, 4) is 5.75 Å². The average molecular weight is 438 g/mol. The van der Waals surface area contributed by atoms with Crippen LogP contribution < -0.4 is 15.4 Å². The Morgan fingerprint density at radius 1 is 1.16 bits per heavy atom. The predicted molar refractivity (Wildman–Crippen MR) is 116 cm³/mol. The lowest BCUT2D eigenvalue weighted by atomic mass is 10.2. The molecule has 0 radical (unpaired) electrons. The number of hydrogen-bond donors (Lipinski definition) is 3. The van der Waals surface area contributed by atoms with Crippen molar-refractivity contribution in [3.05, 3.63) is 66.1 Å². The van der Waals surface area contributed by atoms with Crippen molar-refractivity contribution in [2.45, 2.75) is 19.8 Å². The average Bonchev–Trinajstić information content (AvgIpc) is 3.22. The van der Waals surface area contributed by atoms with E-state index in [0.29, 0.717) is 29.5 Å². The van der Waals surface area contributed by atoms with Crippen molar-refractivity contribution in [3.63, 3.8) is 0 Å². The first-order valence-corrected chi connectivity index (χ1v) is 9.96. The van der Waals surface area contributed by atoms with Crippen LogP contribution in [-0.2, 0) is 11.2 Å². The lowest BCUT2D eigenvalue weighted by Crippen LogP contribution is -2.16. The standard InChI is InChI=1S/C22H20F2N6O2/c1-2-8-32-14-6-7-15-18(11-14)25-12-26-22(15)28-19-9-13(29-30-19)10-20(31)27-17-5-3-4-16(23)21(17)24/h3-7,9,11-12H,2,8,10H2,1H3,(H,27,31)(H2,25,26,28,29,30). The summed E-state index contributed by atoms with van der Waals surface area (Å²) >= 11 is 0. The van der Waals surface area contributed by atoms with Crippen molar-refractivity contribution < 1.29 is 18.3 Å². The molecular formula is C22H20F2N6O2. The largest absolute Gasteiger partial charge is 0.494 e. The van der Waals surface area contributed by atoms with E-state index in [1.54, 1.807) is 6.07 Å². The van der Waals surface area contributed by atoms with E-state index in [0.717, 1.165) is 23.6 Å². The monoisotopic (exact) mass is 438 g/mol. The van der Waals surface area contributed by atoms with Gasteiger partial charge in [-0.3, -0.25) is 9.89 Å². The first-order chi connectivity index (χ1) is 15.5. The van der Waals surface area contributed by atoms with E-state index in [-0.39, 0.29) is 12.1 Å². The quantitative estimate of drug-likeness (QED) is 0.378. The van der Waals surface area contributed by atoms with Gasteiger partial charge in [0.1, 0.15) is 17.9 Å². The lowest BCUT2D eigenvalue weighted by molar-refractivity contribution is -0.115. The van der Waals surface area contributed by atoms with E-state index in [4.69, 9.17) is 4.74 Å². The Hall–Kier alpha value is -4.08. The van der Waals surface area contributed by atoms with Crippen LogP contribution >= 0.6 is 0 Å². The molecule has 164 valence electrons. The highest BCUT2D eigenvalue weighted by Gasteiger charge is 2.13. The summed E-state index contributed by atoms with van der Waals surface area (Å²) in [6.07, 6.45) is 2.24. The molecule has 2 heterocycles. The maximum Gasteiger partial charge on any atom is 0.230 e. The molecule has 4 rings (SSSR count). The van der Waals surface area contributed by atoms with Crippen LogP contribution in [0.5, 0.6) is 5.75 Å². The number of H-pyrrole nitrogens is 1. The summed E-state index contributed by atoms with van der Waals surface area (Å²) in [5, 5.41) is 13.1. The smallest absolute Gasteiger partial charge is 0.230 e. The van der Waals surface area contributed by atoms with Crippen molar-refractivity contribution in [2.24, 2.45) is 0 Å². The van der Waals surface area contributed by atoms with Gasteiger partial charge in [0.25, 0.3) is 0 Å². The Bertz CT molecular complexity index is 1260. The zero-order valence-electron chi connectivity index (χ0n) is 17.2. The van der Waals surface area contributed by atoms with Crippen LogP contribution in [0.4, 0.5) is 26.1 Å². The first kappa shape index (κ1) is 21.2. The minimum absolute atomic E-state index is 0.104. The molecule has 2 aromatic carbocycles. The van der Waals surface area contributed by atoms with E-state index in [1.165, 1.54) is 18.5 Å². The number of halogens is 2. The Morgan fingerprint density at radius 3 is 2.88 bits per heavy atom. The van der Waals surface area contributed by atoms with E-state index in [2.05, 4.69) is 30.8 Å². The van der Waals surface area contributed by atoms with Gasteiger partial charge in [-0.25, -0.2) is 18.7 Å². The Kier molecular flexibility index (Phi) is 6.20. The molecule has 0 aliphatic heterocycles. The summed E-state index contributed by atoms with van der Waals surface area (Å²) in [6.45, 7) is 2.66. The van der Waals surface area contributed by atoms with E-state index in [1.807, 2.05) is 25.1 Å². The van der Waals surface area contributed by atoms with E-state index >= 15 is 0 Å². The molecule has 3 N–H and O–H groups in total. The third-order valence-corrected chi connectivity index (χ3v) is 4.53. The van der Waals surface area contributed by atoms with Gasteiger partial charge in [0, 0.05) is 23.2 Å². The highest BCUT2D eigenvalue weighted by atomic mass is 19.2. The molecule has 0 bridgehead atoms. The maximum absolute atomic E-state index is 13.7. The molecule has 0 saturated heterocycles. The molecule has 0 spiro atoms. The van der Waals surface area contributed by atoms with Crippen LogP contribution in [0, 0.1) is 11.6 Å². The van der Waals surface area contributed by atoms with E-state index in [9.17, 15) is 13.6 Å². The Balaban J connectivity index is 1.44.